The van der Waals surface area contributed by atoms with Crippen molar-refractivity contribution in [1.82, 2.24) is 9.62 Å². The Morgan fingerprint density at radius 3 is 2.44 bits per heavy atom. The Labute approximate surface area is 146 Å². The van der Waals surface area contributed by atoms with Crippen LogP contribution in [0.25, 0.3) is 0 Å². The molecule has 1 aliphatic heterocycles. The SMILES string of the molecule is COCCC(=O)NC1CCN(S(=O)(=O)c2ccc([N+](=O)[O-])cc2)CC1. The molecule has 0 unspecified atom stereocenters. The topological polar surface area (TPSA) is 119 Å². The Morgan fingerprint density at radius 1 is 1.32 bits per heavy atom. The molecule has 1 aromatic rings. The van der Waals surface area contributed by atoms with Gasteiger partial charge in [-0.15, -0.1) is 0 Å². The second-order valence-corrected chi connectivity index (χ2v) is 7.68. The van der Waals surface area contributed by atoms with Gasteiger partial charge in [0.25, 0.3) is 5.69 Å². The maximum absolute atomic E-state index is 12.6. The fraction of sp³-hybridized carbons (Fsp3) is 0.533. The van der Waals surface area contributed by atoms with Crippen LogP contribution in [0.4, 0.5) is 5.69 Å². The largest absolute Gasteiger partial charge is 0.384 e. The molecule has 138 valence electrons. The fourth-order valence-corrected chi connectivity index (χ4v) is 4.09. The third kappa shape index (κ3) is 4.97. The van der Waals surface area contributed by atoms with Crippen LogP contribution in [0, 0.1) is 10.1 Å². The summed E-state index contributed by atoms with van der Waals surface area (Å²) in [6.07, 6.45) is 1.31. The van der Waals surface area contributed by atoms with Crippen molar-refractivity contribution in [3.05, 3.63) is 34.4 Å². The van der Waals surface area contributed by atoms with E-state index < -0.39 is 14.9 Å². The number of sulfonamides is 1. The Hall–Kier alpha value is -2.04. The number of rotatable bonds is 7. The number of hydrogen-bond acceptors (Lipinski definition) is 6. The number of nitrogens with zero attached hydrogens (tertiary/aromatic N) is 2. The first-order chi connectivity index (χ1) is 11.8. The molecule has 0 saturated carbocycles. The highest BCUT2D eigenvalue weighted by atomic mass is 32.2. The van der Waals surface area contributed by atoms with E-state index in [0.717, 1.165) is 0 Å². The molecule has 1 N–H and O–H groups in total. The number of amides is 1. The number of benzene rings is 1. The molecule has 1 heterocycles. The molecule has 1 amide bonds. The van der Waals surface area contributed by atoms with Crippen LogP contribution in [-0.4, -0.2) is 56.4 Å². The van der Waals surface area contributed by atoms with E-state index >= 15 is 0 Å². The minimum absolute atomic E-state index is 0.0284. The van der Waals surface area contributed by atoms with Crippen molar-refractivity contribution in [2.75, 3.05) is 26.8 Å². The van der Waals surface area contributed by atoms with E-state index in [4.69, 9.17) is 4.74 Å². The zero-order valence-corrected chi connectivity index (χ0v) is 14.7. The average Bonchev–Trinajstić information content (AvgIpc) is 2.60. The van der Waals surface area contributed by atoms with E-state index in [1.165, 1.54) is 35.7 Å². The summed E-state index contributed by atoms with van der Waals surface area (Å²) in [4.78, 5) is 21.8. The van der Waals surface area contributed by atoms with Gasteiger partial charge in [-0.2, -0.15) is 4.31 Å². The van der Waals surface area contributed by atoms with Crippen LogP contribution in [0.15, 0.2) is 29.2 Å². The van der Waals surface area contributed by atoms with Crippen LogP contribution in [-0.2, 0) is 19.6 Å². The van der Waals surface area contributed by atoms with E-state index in [1.807, 2.05) is 0 Å². The number of carbonyl (C=O) groups is 1. The van der Waals surface area contributed by atoms with Gasteiger partial charge < -0.3 is 10.1 Å². The van der Waals surface area contributed by atoms with Crippen LogP contribution in [0.5, 0.6) is 0 Å². The van der Waals surface area contributed by atoms with Gasteiger partial charge in [0, 0.05) is 44.8 Å². The van der Waals surface area contributed by atoms with Crippen molar-refractivity contribution < 1.29 is 22.9 Å². The second-order valence-electron chi connectivity index (χ2n) is 5.74. The molecule has 1 aliphatic rings. The van der Waals surface area contributed by atoms with E-state index in [-0.39, 0.29) is 42.0 Å². The number of ether oxygens (including phenoxy) is 1. The Bertz CT molecular complexity index is 711. The van der Waals surface area contributed by atoms with Crippen molar-refractivity contribution >= 4 is 21.6 Å². The fourth-order valence-electron chi connectivity index (χ4n) is 2.62. The molecule has 0 aromatic heterocycles. The lowest BCUT2D eigenvalue weighted by molar-refractivity contribution is -0.384. The summed E-state index contributed by atoms with van der Waals surface area (Å²) in [6, 6.07) is 4.77. The predicted octanol–water partition coefficient (Wildman–Crippen LogP) is 0.901. The number of carbonyl (C=O) groups excluding carboxylic acids is 1. The maximum atomic E-state index is 12.6. The molecule has 0 bridgehead atoms. The molecule has 9 nitrogen and oxygen atoms in total. The molecule has 0 spiro atoms. The number of hydrogen-bond donors (Lipinski definition) is 1. The molecule has 0 radical (unpaired) electrons. The molecule has 0 atom stereocenters. The Balaban J connectivity index is 1.94. The Kier molecular flexibility index (Phi) is 6.45. The molecular formula is C15H21N3O6S. The van der Waals surface area contributed by atoms with Gasteiger partial charge in [-0.3, -0.25) is 14.9 Å². The number of nitro groups is 1. The summed E-state index contributed by atoms with van der Waals surface area (Å²) in [5.41, 5.74) is -0.156. The van der Waals surface area contributed by atoms with E-state index in [2.05, 4.69) is 5.32 Å². The highest BCUT2D eigenvalue weighted by molar-refractivity contribution is 7.89. The van der Waals surface area contributed by atoms with Crippen molar-refractivity contribution in [3.63, 3.8) is 0 Å². The maximum Gasteiger partial charge on any atom is 0.269 e. The van der Waals surface area contributed by atoms with Gasteiger partial charge in [-0.25, -0.2) is 8.42 Å². The molecule has 1 saturated heterocycles. The standard InChI is InChI=1S/C15H21N3O6S/c1-24-11-8-15(19)16-12-6-9-17(10-7-12)25(22,23)14-4-2-13(3-5-14)18(20)21/h2-5,12H,6-11H2,1H3,(H,16,19). The first-order valence-corrected chi connectivity index (χ1v) is 9.31. The molecule has 1 aromatic carbocycles. The summed E-state index contributed by atoms with van der Waals surface area (Å²) >= 11 is 0. The first-order valence-electron chi connectivity index (χ1n) is 7.87. The summed E-state index contributed by atoms with van der Waals surface area (Å²) in [7, 11) is -2.17. The lowest BCUT2D eigenvalue weighted by atomic mass is 10.1. The van der Waals surface area contributed by atoms with Crippen molar-refractivity contribution in [1.29, 1.82) is 0 Å². The Morgan fingerprint density at radius 2 is 1.92 bits per heavy atom. The lowest BCUT2D eigenvalue weighted by Crippen LogP contribution is -2.46. The quantitative estimate of drug-likeness (QED) is 0.562. The molecule has 1 fully saturated rings. The van der Waals surface area contributed by atoms with Crippen LogP contribution < -0.4 is 5.32 Å². The third-order valence-corrected chi connectivity index (χ3v) is 5.95. The molecule has 25 heavy (non-hydrogen) atoms. The summed E-state index contributed by atoms with van der Waals surface area (Å²) in [5.74, 6) is -0.112. The van der Waals surface area contributed by atoms with Gasteiger partial charge in [0.05, 0.1) is 16.4 Å². The summed E-state index contributed by atoms with van der Waals surface area (Å²) in [6.45, 7) is 0.919. The zero-order chi connectivity index (χ0) is 18.4. The van der Waals surface area contributed by atoms with Gasteiger partial charge in [-0.05, 0) is 25.0 Å². The van der Waals surface area contributed by atoms with Gasteiger partial charge in [0.15, 0.2) is 0 Å². The minimum Gasteiger partial charge on any atom is -0.384 e. The van der Waals surface area contributed by atoms with Crippen molar-refractivity contribution in [2.45, 2.75) is 30.2 Å². The highest BCUT2D eigenvalue weighted by Crippen LogP contribution is 2.22. The predicted molar refractivity (Wildman–Crippen MR) is 89.5 cm³/mol. The number of nitro benzene ring substituents is 1. The lowest BCUT2D eigenvalue weighted by Gasteiger charge is -2.31. The van der Waals surface area contributed by atoms with E-state index in [1.54, 1.807) is 0 Å². The van der Waals surface area contributed by atoms with Gasteiger partial charge in [-0.1, -0.05) is 0 Å². The van der Waals surface area contributed by atoms with Crippen LogP contribution in [0.1, 0.15) is 19.3 Å². The highest BCUT2D eigenvalue weighted by Gasteiger charge is 2.30. The van der Waals surface area contributed by atoms with Crippen molar-refractivity contribution in [2.24, 2.45) is 0 Å². The zero-order valence-electron chi connectivity index (χ0n) is 13.9. The van der Waals surface area contributed by atoms with Crippen LogP contribution >= 0.6 is 0 Å². The number of nitrogens with one attached hydrogen (secondary N) is 1. The van der Waals surface area contributed by atoms with Gasteiger partial charge >= 0.3 is 0 Å². The third-order valence-electron chi connectivity index (χ3n) is 4.04. The summed E-state index contributed by atoms with van der Waals surface area (Å²) in [5, 5.41) is 13.5. The number of non-ortho nitro benzene ring substituents is 1. The number of piperidine rings is 1. The second kappa shape index (κ2) is 8.37. The normalized spacial score (nSPS) is 16.5. The summed E-state index contributed by atoms with van der Waals surface area (Å²) < 4.78 is 31.4. The van der Waals surface area contributed by atoms with Crippen molar-refractivity contribution in [3.8, 4) is 0 Å². The molecular weight excluding hydrogens is 350 g/mol. The average molecular weight is 371 g/mol. The van der Waals surface area contributed by atoms with Gasteiger partial charge in [0.1, 0.15) is 0 Å². The number of methoxy groups -OCH3 is 1. The van der Waals surface area contributed by atoms with Crippen LogP contribution in [0.3, 0.4) is 0 Å². The van der Waals surface area contributed by atoms with Crippen LogP contribution in [0.2, 0.25) is 0 Å². The monoisotopic (exact) mass is 371 g/mol. The first kappa shape index (κ1) is 19.3. The minimum atomic E-state index is -3.69. The van der Waals surface area contributed by atoms with E-state index in [9.17, 15) is 23.3 Å². The molecule has 10 heteroatoms. The molecule has 0 aliphatic carbocycles. The molecule has 2 rings (SSSR count). The van der Waals surface area contributed by atoms with E-state index in [0.29, 0.717) is 19.4 Å². The van der Waals surface area contributed by atoms with Gasteiger partial charge in [0.2, 0.25) is 15.9 Å². The smallest absolute Gasteiger partial charge is 0.269 e.